The van der Waals surface area contributed by atoms with Crippen LogP contribution in [0.5, 0.6) is 0 Å². The number of aliphatic imine (C=N–C) groups is 1. The molecule has 0 saturated heterocycles. The molecule has 0 fully saturated rings. The van der Waals surface area contributed by atoms with E-state index in [1.165, 1.54) is 30.0 Å². The number of aromatic nitrogens is 4. The van der Waals surface area contributed by atoms with E-state index < -0.39 is 12.0 Å². The van der Waals surface area contributed by atoms with Crippen molar-refractivity contribution in [2.75, 3.05) is 5.32 Å². The van der Waals surface area contributed by atoms with Crippen LogP contribution in [0.15, 0.2) is 83.2 Å². The van der Waals surface area contributed by atoms with Crippen molar-refractivity contribution in [3.05, 3.63) is 95.8 Å². The summed E-state index contributed by atoms with van der Waals surface area (Å²) in [5, 5.41) is 7.88. The number of hydrogen-bond acceptors (Lipinski definition) is 6. The van der Waals surface area contributed by atoms with Crippen molar-refractivity contribution in [1.82, 2.24) is 19.7 Å². The number of rotatable bonds is 6. The molecule has 2 unspecified atom stereocenters. The van der Waals surface area contributed by atoms with Gasteiger partial charge in [0, 0.05) is 17.7 Å². The van der Waals surface area contributed by atoms with E-state index in [-0.39, 0.29) is 17.5 Å². The summed E-state index contributed by atoms with van der Waals surface area (Å²) in [7, 11) is 0. The van der Waals surface area contributed by atoms with E-state index >= 15 is 0 Å². The summed E-state index contributed by atoms with van der Waals surface area (Å²) in [6, 6.07) is 15.3. The lowest BCUT2D eigenvalue weighted by Gasteiger charge is -2.30. The van der Waals surface area contributed by atoms with Gasteiger partial charge in [-0.15, -0.1) is 5.10 Å². The summed E-state index contributed by atoms with van der Waals surface area (Å²) in [5.74, 6) is -1.03. The fourth-order valence-electron chi connectivity index (χ4n) is 3.96. The molecule has 35 heavy (non-hydrogen) atoms. The average molecular weight is 491 g/mol. The second-order valence-electron chi connectivity index (χ2n) is 7.98. The number of carbonyl (C=O) groups is 1. The normalized spacial score (nSPS) is 16.9. The lowest BCUT2D eigenvalue weighted by Crippen LogP contribution is -2.39. The SMILES string of the molecule is CC1=Nc2nc(SCc3ccccc3F)nn2C(c2ccc(F)cc2)C1C(=O)Nc1cccnc1. The molecule has 0 aliphatic carbocycles. The van der Waals surface area contributed by atoms with Gasteiger partial charge in [0.2, 0.25) is 17.0 Å². The molecule has 176 valence electrons. The van der Waals surface area contributed by atoms with Crippen molar-refractivity contribution in [1.29, 1.82) is 0 Å². The fourth-order valence-corrected chi connectivity index (χ4v) is 4.77. The van der Waals surface area contributed by atoms with Crippen molar-refractivity contribution < 1.29 is 13.6 Å². The van der Waals surface area contributed by atoms with Crippen LogP contribution in [0.2, 0.25) is 0 Å². The van der Waals surface area contributed by atoms with Crippen LogP contribution in [-0.2, 0) is 10.5 Å². The number of benzene rings is 2. The summed E-state index contributed by atoms with van der Waals surface area (Å²) in [4.78, 5) is 26.5. The van der Waals surface area contributed by atoms with Crippen molar-refractivity contribution in [3.8, 4) is 0 Å². The third-order valence-corrected chi connectivity index (χ3v) is 6.52. The monoisotopic (exact) mass is 490 g/mol. The number of hydrogen-bond donors (Lipinski definition) is 1. The Morgan fingerprint density at radius 2 is 1.89 bits per heavy atom. The summed E-state index contributed by atoms with van der Waals surface area (Å²) < 4.78 is 29.3. The Morgan fingerprint density at radius 3 is 2.63 bits per heavy atom. The minimum Gasteiger partial charge on any atom is -0.324 e. The molecule has 10 heteroatoms. The van der Waals surface area contributed by atoms with Gasteiger partial charge in [0.15, 0.2) is 0 Å². The summed E-state index contributed by atoms with van der Waals surface area (Å²) in [5.41, 5.74) is 2.32. The molecule has 1 aliphatic rings. The molecule has 4 aromatic rings. The highest BCUT2D eigenvalue weighted by atomic mass is 32.2. The van der Waals surface area contributed by atoms with Crippen LogP contribution in [0.3, 0.4) is 0 Å². The van der Waals surface area contributed by atoms with Gasteiger partial charge in [-0.05, 0) is 48.4 Å². The number of anilines is 1. The van der Waals surface area contributed by atoms with Crippen LogP contribution in [-0.4, -0.2) is 31.4 Å². The molecule has 0 saturated carbocycles. The highest BCUT2D eigenvalue weighted by molar-refractivity contribution is 7.98. The summed E-state index contributed by atoms with van der Waals surface area (Å²) in [6.45, 7) is 1.76. The van der Waals surface area contributed by atoms with E-state index in [0.717, 1.165) is 0 Å². The summed E-state index contributed by atoms with van der Waals surface area (Å²) in [6.07, 6.45) is 3.17. The standard InChI is InChI=1S/C25H20F2N6OS/c1-15-21(23(34)30-19-6-4-12-28-13-19)22(16-8-10-18(26)11-9-16)33-24(29-15)31-25(32-33)35-14-17-5-2-3-7-20(17)27/h2-13,21-22H,14H2,1H3,(H,30,34). The second kappa shape index (κ2) is 9.75. The van der Waals surface area contributed by atoms with Crippen molar-refractivity contribution in [2.45, 2.75) is 23.9 Å². The summed E-state index contributed by atoms with van der Waals surface area (Å²) >= 11 is 1.27. The third-order valence-electron chi connectivity index (χ3n) is 5.64. The Morgan fingerprint density at radius 1 is 1.09 bits per heavy atom. The molecule has 5 rings (SSSR count). The largest absolute Gasteiger partial charge is 0.324 e. The molecule has 2 atom stereocenters. The number of nitrogens with one attached hydrogen (secondary N) is 1. The first-order valence-electron chi connectivity index (χ1n) is 10.8. The Kier molecular flexibility index (Phi) is 6.37. The topological polar surface area (TPSA) is 85.1 Å². The first-order valence-corrected chi connectivity index (χ1v) is 11.8. The van der Waals surface area contributed by atoms with Crippen LogP contribution >= 0.6 is 11.8 Å². The predicted molar refractivity (Wildman–Crippen MR) is 130 cm³/mol. The molecule has 2 aromatic carbocycles. The van der Waals surface area contributed by atoms with Gasteiger partial charge >= 0.3 is 0 Å². The van der Waals surface area contributed by atoms with Gasteiger partial charge in [-0.3, -0.25) is 9.78 Å². The van der Waals surface area contributed by atoms with Crippen LogP contribution < -0.4 is 5.32 Å². The minimum absolute atomic E-state index is 0.296. The zero-order chi connectivity index (χ0) is 24.4. The zero-order valence-electron chi connectivity index (χ0n) is 18.6. The van der Waals surface area contributed by atoms with Crippen LogP contribution in [0.25, 0.3) is 0 Å². The predicted octanol–water partition coefficient (Wildman–Crippen LogP) is 5.19. The number of pyridine rings is 1. The number of fused-ring (bicyclic) bond motifs is 1. The third kappa shape index (κ3) is 4.83. The molecule has 1 aliphatic heterocycles. The minimum atomic E-state index is -0.723. The van der Waals surface area contributed by atoms with Gasteiger partial charge in [0.1, 0.15) is 17.6 Å². The number of carbonyl (C=O) groups excluding carboxylic acids is 1. The van der Waals surface area contributed by atoms with Crippen molar-refractivity contribution in [3.63, 3.8) is 0 Å². The quantitative estimate of drug-likeness (QED) is 0.376. The van der Waals surface area contributed by atoms with Crippen molar-refractivity contribution in [2.24, 2.45) is 10.9 Å². The van der Waals surface area contributed by atoms with Crippen molar-refractivity contribution >= 4 is 35.0 Å². The molecule has 3 heterocycles. The fraction of sp³-hybridized carbons (Fsp3) is 0.160. The van der Waals surface area contributed by atoms with E-state index in [9.17, 15) is 13.6 Å². The maximum atomic E-state index is 14.0. The Balaban J connectivity index is 1.49. The molecule has 2 aromatic heterocycles. The Labute approximate surface area is 204 Å². The second-order valence-corrected chi connectivity index (χ2v) is 8.92. The van der Waals surface area contributed by atoms with Gasteiger partial charge in [-0.2, -0.15) is 4.98 Å². The lowest BCUT2D eigenvalue weighted by molar-refractivity contribution is -0.118. The van der Waals surface area contributed by atoms with Gasteiger partial charge in [0.05, 0.1) is 17.9 Å². The first kappa shape index (κ1) is 22.9. The van der Waals surface area contributed by atoms with Gasteiger partial charge in [-0.1, -0.05) is 42.1 Å². The lowest BCUT2D eigenvalue weighted by atomic mass is 9.87. The maximum Gasteiger partial charge on any atom is 0.249 e. The highest BCUT2D eigenvalue weighted by Crippen LogP contribution is 2.37. The molecule has 1 amide bonds. The maximum absolute atomic E-state index is 14.0. The molecule has 7 nitrogen and oxygen atoms in total. The molecule has 1 N–H and O–H groups in total. The number of thioether (sulfide) groups is 1. The molecule has 0 radical (unpaired) electrons. The van der Waals surface area contributed by atoms with Gasteiger partial charge < -0.3 is 5.32 Å². The van der Waals surface area contributed by atoms with Crippen LogP contribution in [0.1, 0.15) is 24.1 Å². The smallest absolute Gasteiger partial charge is 0.249 e. The van der Waals surface area contributed by atoms with E-state index in [1.807, 2.05) is 0 Å². The van der Waals surface area contributed by atoms with E-state index in [4.69, 9.17) is 0 Å². The van der Waals surface area contributed by atoms with E-state index in [2.05, 4.69) is 25.4 Å². The zero-order valence-corrected chi connectivity index (χ0v) is 19.4. The number of nitrogens with zero attached hydrogens (tertiary/aromatic N) is 5. The molecule has 0 bridgehead atoms. The van der Waals surface area contributed by atoms with Crippen LogP contribution in [0.4, 0.5) is 20.4 Å². The van der Waals surface area contributed by atoms with Gasteiger partial charge in [0.25, 0.3) is 0 Å². The molecular formula is C25H20F2N6OS. The first-order chi connectivity index (χ1) is 17.0. The van der Waals surface area contributed by atoms with Gasteiger partial charge in [-0.25, -0.2) is 18.5 Å². The highest BCUT2D eigenvalue weighted by Gasteiger charge is 2.39. The Bertz CT molecular complexity index is 1390. The van der Waals surface area contributed by atoms with Crippen LogP contribution in [0, 0.1) is 17.6 Å². The average Bonchev–Trinajstić information content (AvgIpc) is 3.26. The number of halogens is 2. The Hall–Kier alpha value is -3.92. The number of amides is 1. The molecule has 0 spiro atoms. The van der Waals surface area contributed by atoms with E-state index in [0.29, 0.717) is 39.4 Å². The van der Waals surface area contributed by atoms with E-state index in [1.54, 1.807) is 66.5 Å². The molecular weight excluding hydrogens is 470 g/mol.